The van der Waals surface area contributed by atoms with Crippen LogP contribution in [0, 0.1) is 13.8 Å². The molecular formula is C13H19N3O3S. The number of carbonyl (C=O) groups is 2. The summed E-state index contributed by atoms with van der Waals surface area (Å²) in [6.45, 7) is 5.70. The average molecular weight is 297 g/mol. The Labute approximate surface area is 122 Å². The molecule has 1 rings (SSSR count). The van der Waals surface area contributed by atoms with Crippen molar-refractivity contribution >= 4 is 23.6 Å². The second kappa shape index (κ2) is 7.23. The molecule has 1 amide bonds. The van der Waals surface area contributed by atoms with E-state index >= 15 is 0 Å². The minimum absolute atomic E-state index is 0.0764. The predicted molar refractivity (Wildman–Crippen MR) is 76.9 cm³/mol. The van der Waals surface area contributed by atoms with Crippen LogP contribution in [0.15, 0.2) is 5.03 Å². The standard InChI is InChI=1S/C13H19N3O3S/c1-6-16(7-10(17)19-4)13(18)11-8(2)14-9(3)15-12(11)20-5/h6-7H2,1-5H3. The predicted octanol–water partition coefficient (Wildman–Crippen LogP) is 1.45. The molecule has 6 nitrogen and oxygen atoms in total. The Hall–Kier alpha value is -1.63. The van der Waals surface area contributed by atoms with Crippen LogP contribution in [-0.4, -0.2) is 53.2 Å². The molecule has 0 saturated carbocycles. The Morgan fingerprint density at radius 2 is 1.95 bits per heavy atom. The summed E-state index contributed by atoms with van der Waals surface area (Å²) in [5.74, 6) is -0.0734. The molecule has 0 aliphatic carbocycles. The quantitative estimate of drug-likeness (QED) is 0.465. The smallest absolute Gasteiger partial charge is 0.325 e. The maximum Gasteiger partial charge on any atom is 0.325 e. The number of likely N-dealkylation sites (N-methyl/N-ethyl adjacent to an activating group) is 1. The van der Waals surface area contributed by atoms with Gasteiger partial charge in [0.2, 0.25) is 0 Å². The lowest BCUT2D eigenvalue weighted by Gasteiger charge is -2.21. The molecule has 0 saturated heterocycles. The van der Waals surface area contributed by atoms with E-state index in [-0.39, 0.29) is 12.5 Å². The van der Waals surface area contributed by atoms with Gasteiger partial charge in [-0.25, -0.2) is 9.97 Å². The third kappa shape index (κ3) is 3.69. The molecule has 0 unspecified atom stereocenters. The van der Waals surface area contributed by atoms with Gasteiger partial charge in [0, 0.05) is 6.54 Å². The van der Waals surface area contributed by atoms with E-state index in [1.807, 2.05) is 13.2 Å². The number of methoxy groups -OCH3 is 1. The van der Waals surface area contributed by atoms with E-state index in [0.29, 0.717) is 28.7 Å². The lowest BCUT2D eigenvalue weighted by atomic mass is 10.2. The molecule has 0 N–H and O–H groups in total. The number of thioether (sulfide) groups is 1. The number of aryl methyl sites for hydroxylation is 2. The molecule has 20 heavy (non-hydrogen) atoms. The number of aromatic nitrogens is 2. The van der Waals surface area contributed by atoms with Crippen LogP contribution >= 0.6 is 11.8 Å². The minimum atomic E-state index is -0.448. The van der Waals surface area contributed by atoms with Crippen LogP contribution in [0.25, 0.3) is 0 Å². The number of amides is 1. The zero-order valence-electron chi connectivity index (χ0n) is 12.4. The van der Waals surface area contributed by atoms with Gasteiger partial charge in [0.1, 0.15) is 17.4 Å². The first-order valence-electron chi connectivity index (χ1n) is 6.19. The minimum Gasteiger partial charge on any atom is -0.468 e. The van der Waals surface area contributed by atoms with E-state index in [9.17, 15) is 9.59 Å². The fourth-order valence-electron chi connectivity index (χ4n) is 1.78. The topological polar surface area (TPSA) is 72.4 Å². The zero-order valence-corrected chi connectivity index (χ0v) is 13.2. The van der Waals surface area contributed by atoms with Crippen molar-refractivity contribution in [2.45, 2.75) is 25.8 Å². The fourth-order valence-corrected chi connectivity index (χ4v) is 2.44. The summed E-state index contributed by atoms with van der Waals surface area (Å²) in [7, 11) is 1.30. The molecule has 1 aromatic heterocycles. The number of ether oxygens (including phenoxy) is 1. The summed E-state index contributed by atoms with van der Waals surface area (Å²) >= 11 is 1.39. The maximum atomic E-state index is 12.6. The van der Waals surface area contributed by atoms with Crippen molar-refractivity contribution in [3.8, 4) is 0 Å². The van der Waals surface area contributed by atoms with Gasteiger partial charge in [-0.05, 0) is 27.0 Å². The van der Waals surface area contributed by atoms with Crippen molar-refractivity contribution in [3.63, 3.8) is 0 Å². The molecule has 0 spiro atoms. The van der Waals surface area contributed by atoms with Crippen LogP contribution in [0.5, 0.6) is 0 Å². The number of rotatable bonds is 5. The fraction of sp³-hybridized carbons (Fsp3) is 0.538. The highest BCUT2D eigenvalue weighted by Crippen LogP contribution is 2.22. The van der Waals surface area contributed by atoms with Gasteiger partial charge in [-0.3, -0.25) is 9.59 Å². The Kier molecular flexibility index (Phi) is 5.94. The van der Waals surface area contributed by atoms with Crippen molar-refractivity contribution < 1.29 is 14.3 Å². The van der Waals surface area contributed by atoms with Gasteiger partial charge in [-0.1, -0.05) is 0 Å². The van der Waals surface area contributed by atoms with E-state index in [1.165, 1.54) is 23.8 Å². The first-order chi connectivity index (χ1) is 9.44. The van der Waals surface area contributed by atoms with Crippen LogP contribution in [0.2, 0.25) is 0 Å². The van der Waals surface area contributed by atoms with Gasteiger partial charge in [0.15, 0.2) is 0 Å². The molecule has 1 heterocycles. The Balaban J connectivity index is 3.15. The Bertz CT molecular complexity index is 520. The molecular weight excluding hydrogens is 278 g/mol. The Morgan fingerprint density at radius 1 is 1.30 bits per heavy atom. The highest BCUT2D eigenvalue weighted by Gasteiger charge is 2.24. The first kappa shape index (κ1) is 16.4. The molecule has 0 atom stereocenters. The highest BCUT2D eigenvalue weighted by molar-refractivity contribution is 7.98. The molecule has 1 aromatic rings. The lowest BCUT2D eigenvalue weighted by molar-refractivity contribution is -0.141. The van der Waals surface area contributed by atoms with E-state index in [2.05, 4.69) is 14.7 Å². The SMILES string of the molecule is CCN(CC(=O)OC)C(=O)c1c(C)nc(C)nc1SC. The zero-order chi connectivity index (χ0) is 15.3. The molecule has 7 heteroatoms. The van der Waals surface area contributed by atoms with Gasteiger partial charge >= 0.3 is 5.97 Å². The first-order valence-corrected chi connectivity index (χ1v) is 7.42. The summed E-state index contributed by atoms with van der Waals surface area (Å²) in [5, 5.41) is 0.628. The monoisotopic (exact) mass is 297 g/mol. The summed E-state index contributed by atoms with van der Waals surface area (Å²) in [6.07, 6.45) is 1.86. The number of nitrogens with zero attached hydrogens (tertiary/aromatic N) is 3. The van der Waals surface area contributed by atoms with Crippen molar-refractivity contribution in [1.29, 1.82) is 0 Å². The maximum absolute atomic E-state index is 12.6. The summed E-state index contributed by atoms with van der Waals surface area (Å²) in [6, 6.07) is 0. The highest BCUT2D eigenvalue weighted by atomic mass is 32.2. The third-order valence-electron chi connectivity index (χ3n) is 2.79. The van der Waals surface area contributed by atoms with E-state index in [4.69, 9.17) is 0 Å². The molecule has 110 valence electrons. The van der Waals surface area contributed by atoms with Crippen LogP contribution < -0.4 is 0 Å². The summed E-state index contributed by atoms with van der Waals surface area (Å²) in [5.41, 5.74) is 1.07. The van der Waals surface area contributed by atoms with E-state index in [1.54, 1.807) is 13.8 Å². The van der Waals surface area contributed by atoms with Crippen molar-refractivity contribution in [3.05, 3.63) is 17.1 Å². The van der Waals surface area contributed by atoms with Crippen LogP contribution in [0.1, 0.15) is 28.8 Å². The number of hydrogen-bond acceptors (Lipinski definition) is 6. The van der Waals surface area contributed by atoms with Gasteiger partial charge < -0.3 is 9.64 Å². The van der Waals surface area contributed by atoms with Gasteiger partial charge in [0.05, 0.1) is 18.4 Å². The summed E-state index contributed by atoms with van der Waals surface area (Å²) < 4.78 is 4.61. The molecule has 0 bridgehead atoms. The number of carbonyl (C=O) groups excluding carboxylic acids is 2. The third-order valence-corrected chi connectivity index (χ3v) is 3.47. The van der Waals surface area contributed by atoms with Crippen molar-refractivity contribution in [2.75, 3.05) is 26.5 Å². The second-order valence-corrected chi connectivity index (χ2v) is 4.93. The molecule has 0 radical (unpaired) electrons. The van der Waals surface area contributed by atoms with Crippen molar-refractivity contribution in [2.24, 2.45) is 0 Å². The lowest BCUT2D eigenvalue weighted by Crippen LogP contribution is -2.37. The normalized spacial score (nSPS) is 10.2. The Morgan fingerprint density at radius 3 is 2.45 bits per heavy atom. The average Bonchev–Trinajstić information content (AvgIpc) is 2.42. The number of hydrogen-bond donors (Lipinski definition) is 0. The van der Waals surface area contributed by atoms with Gasteiger partial charge in [-0.15, -0.1) is 11.8 Å². The van der Waals surface area contributed by atoms with E-state index < -0.39 is 5.97 Å². The molecule has 0 aliphatic rings. The number of esters is 1. The van der Waals surface area contributed by atoms with Crippen LogP contribution in [0.4, 0.5) is 0 Å². The second-order valence-electron chi connectivity index (χ2n) is 4.14. The van der Waals surface area contributed by atoms with Gasteiger partial charge in [0.25, 0.3) is 5.91 Å². The largest absolute Gasteiger partial charge is 0.468 e. The van der Waals surface area contributed by atoms with Crippen LogP contribution in [0.3, 0.4) is 0 Å². The van der Waals surface area contributed by atoms with Crippen molar-refractivity contribution in [1.82, 2.24) is 14.9 Å². The molecule has 0 aliphatic heterocycles. The molecule has 0 fully saturated rings. The molecule has 0 aromatic carbocycles. The summed E-state index contributed by atoms with van der Waals surface area (Å²) in [4.78, 5) is 33.9. The van der Waals surface area contributed by atoms with Crippen LogP contribution in [-0.2, 0) is 9.53 Å². The van der Waals surface area contributed by atoms with Gasteiger partial charge in [-0.2, -0.15) is 0 Å². The van der Waals surface area contributed by atoms with E-state index in [0.717, 1.165) is 0 Å².